The molecule has 1 aliphatic rings. The van der Waals surface area contributed by atoms with E-state index in [-0.39, 0.29) is 18.5 Å². The summed E-state index contributed by atoms with van der Waals surface area (Å²) in [4.78, 5) is 28.1. The Labute approximate surface area is 223 Å². The zero-order valence-corrected chi connectivity index (χ0v) is 23.2. The second-order valence-electron chi connectivity index (χ2n) is 9.23. The molecule has 0 aromatic heterocycles. The van der Waals surface area contributed by atoms with E-state index >= 15 is 0 Å². The number of carbonyl (C=O) groups is 2. The number of nitrogens with one attached hydrogen (secondary N) is 1. The normalized spacial score (nSPS) is 14.9. The number of aryl methyl sites for hydroxylation is 1. The van der Waals surface area contributed by atoms with Crippen LogP contribution in [0.15, 0.2) is 42.5 Å². The molecule has 2 amide bonds. The van der Waals surface area contributed by atoms with E-state index in [9.17, 15) is 18.0 Å². The maximum Gasteiger partial charge on any atom is 0.244 e. The van der Waals surface area contributed by atoms with Crippen molar-refractivity contribution in [1.29, 1.82) is 0 Å². The summed E-state index contributed by atoms with van der Waals surface area (Å²) in [5.74, 6) is -0.770. The van der Waals surface area contributed by atoms with Crippen LogP contribution >= 0.6 is 23.2 Å². The molecule has 1 N–H and O–H groups in total. The molecular weight excluding hydrogens is 521 g/mol. The third kappa shape index (κ3) is 7.37. The van der Waals surface area contributed by atoms with Crippen LogP contribution < -0.4 is 9.62 Å². The molecule has 0 bridgehead atoms. The van der Waals surface area contributed by atoms with E-state index in [0.717, 1.165) is 48.2 Å². The van der Waals surface area contributed by atoms with Crippen LogP contribution in [0.25, 0.3) is 0 Å². The minimum Gasteiger partial charge on any atom is -0.352 e. The molecule has 0 radical (unpaired) electrons. The molecule has 1 unspecified atom stereocenters. The molecule has 0 heterocycles. The van der Waals surface area contributed by atoms with Crippen molar-refractivity contribution in [2.24, 2.45) is 0 Å². The molecule has 36 heavy (non-hydrogen) atoms. The van der Waals surface area contributed by atoms with Crippen molar-refractivity contribution in [3.8, 4) is 0 Å². The monoisotopic (exact) mass is 553 g/mol. The Hall–Kier alpha value is -2.29. The van der Waals surface area contributed by atoms with Gasteiger partial charge in [-0.05, 0) is 61.6 Å². The van der Waals surface area contributed by atoms with Crippen molar-refractivity contribution in [3.63, 3.8) is 0 Å². The van der Waals surface area contributed by atoms with Crippen LogP contribution in [0.4, 0.5) is 5.69 Å². The van der Waals surface area contributed by atoms with E-state index in [0.29, 0.717) is 21.3 Å². The fraction of sp³-hybridized carbons (Fsp3) is 0.462. The molecule has 2 aromatic carbocycles. The standard InChI is InChI=1S/C26H33Cl2N3O4S/c1-4-19-9-12-22(13-10-19)31(36(3,34)35)17-25(32)30(16-20-11-14-23(27)24(28)15-20)18(2)26(33)29-21-7-5-6-8-21/h9-15,18,21H,4-8,16-17H2,1-3H3,(H,29,33). The van der Waals surface area contributed by atoms with E-state index in [2.05, 4.69) is 5.32 Å². The average molecular weight is 555 g/mol. The van der Waals surface area contributed by atoms with Crippen molar-refractivity contribution in [3.05, 3.63) is 63.6 Å². The van der Waals surface area contributed by atoms with Crippen molar-refractivity contribution in [2.45, 2.75) is 64.6 Å². The fourth-order valence-electron chi connectivity index (χ4n) is 4.32. The van der Waals surface area contributed by atoms with Crippen LogP contribution in [0, 0.1) is 0 Å². The SMILES string of the molecule is CCc1ccc(N(CC(=O)N(Cc2ccc(Cl)c(Cl)c2)C(C)C(=O)NC2CCCC2)S(C)(=O)=O)cc1. The summed E-state index contributed by atoms with van der Waals surface area (Å²) in [6.07, 6.45) is 5.82. The van der Waals surface area contributed by atoms with Crippen molar-refractivity contribution >= 4 is 50.7 Å². The molecule has 1 saturated carbocycles. The predicted molar refractivity (Wildman–Crippen MR) is 145 cm³/mol. The molecule has 0 aliphatic heterocycles. The second kappa shape index (κ2) is 12.3. The Morgan fingerprint density at radius 1 is 1.03 bits per heavy atom. The lowest BCUT2D eigenvalue weighted by atomic mass is 10.1. The van der Waals surface area contributed by atoms with Crippen molar-refractivity contribution < 1.29 is 18.0 Å². The first-order chi connectivity index (χ1) is 17.0. The Bertz CT molecular complexity index is 1180. The van der Waals surface area contributed by atoms with Crippen LogP contribution in [0.3, 0.4) is 0 Å². The number of halogens is 2. The Balaban J connectivity index is 1.88. The van der Waals surface area contributed by atoms with Crippen LogP contribution in [0.1, 0.15) is 50.7 Å². The van der Waals surface area contributed by atoms with Gasteiger partial charge in [-0.1, -0.05) is 61.2 Å². The molecule has 2 aromatic rings. The van der Waals surface area contributed by atoms with Gasteiger partial charge >= 0.3 is 0 Å². The lowest BCUT2D eigenvalue weighted by Gasteiger charge is -2.32. The third-order valence-corrected chi connectivity index (χ3v) is 8.40. The largest absolute Gasteiger partial charge is 0.352 e. The summed E-state index contributed by atoms with van der Waals surface area (Å²) >= 11 is 12.2. The van der Waals surface area contributed by atoms with Gasteiger partial charge in [0.15, 0.2) is 0 Å². The highest BCUT2D eigenvalue weighted by Crippen LogP contribution is 2.25. The molecule has 3 rings (SSSR count). The van der Waals surface area contributed by atoms with E-state index in [1.165, 1.54) is 4.90 Å². The van der Waals surface area contributed by atoms with Gasteiger partial charge in [-0.3, -0.25) is 13.9 Å². The van der Waals surface area contributed by atoms with Gasteiger partial charge < -0.3 is 10.2 Å². The Morgan fingerprint density at radius 3 is 2.19 bits per heavy atom. The van der Waals surface area contributed by atoms with Gasteiger partial charge in [-0.15, -0.1) is 0 Å². The highest BCUT2D eigenvalue weighted by atomic mass is 35.5. The summed E-state index contributed by atoms with van der Waals surface area (Å²) in [5.41, 5.74) is 2.12. The average Bonchev–Trinajstić information content (AvgIpc) is 3.35. The van der Waals surface area contributed by atoms with E-state index < -0.39 is 28.5 Å². The summed E-state index contributed by atoms with van der Waals surface area (Å²) in [7, 11) is -3.77. The molecule has 1 atom stereocenters. The number of benzene rings is 2. The number of carbonyl (C=O) groups excluding carboxylic acids is 2. The maximum absolute atomic E-state index is 13.6. The summed E-state index contributed by atoms with van der Waals surface area (Å²) in [6.45, 7) is 3.29. The Morgan fingerprint density at radius 2 is 1.64 bits per heavy atom. The fourth-order valence-corrected chi connectivity index (χ4v) is 5.49. The molecule has 0 spiro atoms. The zero-order chi connectivity index (χ0) is 26.5. The minimum atomic E-state index is -3.77. The maximum atomic E-state index is 13.6. The first-order valence-electron chi connectivity index (χ1n) is 12.1. The van der Waals surface area contributed by atoms with Crippen LogP contribution in [0.2, 0.25) is 10.0 Å². The number of sulfonamides is 1. The summed E-state index contributed by atoms with van der Waals surface area (Å²) < 4.78 is 26.4. The van der Waals surface area contributed by atoms with Crippen molar-refractivity contribution in [1.82, 2.24) is 10.2 Å². The number of rotatable bonds is 10. The van der Waals surface area contributed by atoms with Gasteiger partial charge in [0.05, 0.1) is 22.0 Å². The van der Waals surface area contributed by atoms with Gasteiger partial charge in [0, 0.05) is 12.6 Å². The lowest BCUT2D eigenvalue weighted by molar-refractivity contribution is -0.139. The number of anilines is 1. The van der Waals surface area contributed by atoms with Crippen LogP contribution in [0.5, 0.6) is 0 Å². The van der Waals surface area contributed by atoms with Crippen LogP contribution in [-0.4, -0.2) is 50.0 Å². The van der Waals surface area contributed by atoms with Gasteiger partial charge in [0.1, 0.15) is 12.6 Å². The molecular formula is C26H33Cl2N3O4S. The highest BCUT2D eigenvalue weighted by molar-refractivity contribution is 7.92. The number of amides is 2. The predicted octanol–water partition coefficient (Wildman–Crippen LogP) is 4.80. The van der Waals surface area contributed by atoms with E-state index in [1.807, 2.05) is 19.1 Å². The molecule has 196 valence electrons. The first-order valence-corrected chi connectivity index (χ1v) is 14.7. The smallest absolute Gasteiger partial charge is 0.244 e. The molecule has 0 saturated heterocycles. The second-order valence-corrected chi connectivity index (χ2v) is 11.9. The topological polar surface area (TPSA) is 86.8 Å². The molecule has 1 fully saturated rings. The Kier molecular flexibility index (Phi) is 9.66. The van der Waals surface area contributed by atoms with E-state index in [4.69, 9.17) is 23.2 Å². The number of nitrogens with zero attached hydrogens (tertiary/aromatic N) is 2. The molecule has 1 aliphatic carbocycles. The third-order valence-electron chi connectivity index (χ3n) is 6.52. The van der Waals surface area contributed by atoms with Crippen LogP contribution in [-0.2, 0) is 32.6 Å². The summed E-state index contributed by atoms with van der Waals surface area (Å²) in [5, 5.41) is 3.75. The minimum absolute atomic E-state index is 0.0708. The summed E-state index contributed by atoms with van der Waals surface area (Å²) in [6, 6.07) is 11.3. The lowest BCUT2D eigenvalue weighted by Crippen LogP contribution is -2.52. The molecule has 10 heteroatoms. The van der Waals surface area contributed by atoms with Gasteiger partial charge in [-0.2, -0.15) is 0 Å². The van der Waals surface area contributed by atoms with Gasteiger partial charge in [-0.25, -0.2) is 8.42 Å². The molecule has 7 nitrogen and oxygen atoms in total. The van der Waals surface area contributed by atoms with Gasteiger partial charge in [0.2, 0.25) is 21.8 Å². The number of hydrogen-bond acceptors (Lipinski definition) is 4. The number of hydrogen-bond donors (Lipinski definition) is 1. The zero-order valence-electron chi connectivity index (χ0n) is 20.8. The highest BCUT2D eigenvalue weighted by Gasteiger charge is 2.31. The first kappa shape index (κ1) is 28.3. The van der Waals surface area contributed by atoms with Gasteiger partial charge in [0.25, 0.3) is 0 Å². The van der Waals surface area contributed by atoms with Crippen molar-refractivity contribution in [2.75, 3.05) is 17.1 Å². The quantitative estimate of drug-likeness (QED) is 0.457. The van der Waals surface area contributed by atoms with E-state index in [1.54, 1.807) is 37.3 Å².